The molecule has 1 unspecified atom stereocenters. The van der Waals surface area contributed by atoms with Crippen LogP contribution in [0.1, 0.15) is 46.0 Å². The summed E-state index contributed by atoms with van der Waals surface area (Å²) in [5, 5.41) is 3.27. The lowest BCUT2D eigenvalue weighted by Crippen LogP contribution is -2.70. The van der Waals surface area contributed by atoms with Gasteiger partial charge in [0.2, 0.25) is 0 Å². The van der Waals surface area contributed by atoms with Crippen LogP contribution in [0.4, 0.5) is 4.79 Å². The van der Waals surface area contributed by atoms with Crippen LogP contribution in [0.25, 0.3) is 0 Å². The van der Waals surface area contributed by atoms with Gasteiger partial charge in [0, 0.05) is 50.3 Å². The van der Waals surface area contributed by atoms with E-state index < -0.39 is 0 Å². The second-order valence-electron chi connectivity index (χ2n) is 8.09. The van der Waals surface area contributed by atoms with Crippen LogP contribution in [-0.4, -0.2) is 78.1 Å². The smallest absolute Gasteiger partial charge is 0.317 e. The first-order valence-corrected chi connectivity index (χ1v) is 8.96. The van der Waals surface area contributed by atoms with Gasteiger partial charge in [0.15, 0.2) is 0 Å². The average Bonchev–Trinajstić information content (AvgIpc) is 2.46. The van der Waals surface area contributed by atoms with Crippen LogP contribution in [0, 0.1) is 0 Å². The lowest BCUT2D eigenvalue weighted by molar-refractivity contribution is -0.0492. The molecule has 1 atom stereocenters. The van der Waals surface area contributed by atoms with Crippen molar-refractivity contribution in [3.05, 3.63) is 0 Å². The minimum atomic E-state index is 0.164. The van der Waals surface area contributed by atoms with E-state index in [-0.39, 0.29) is 11.6 Å². The third kappa shape index (κ3) is 3.40. The molecule has 1 N–H and O–H groups in total. The Balaban J connectivity index is 1.57. The van der Waals surface area contributed by atoms with Gasteiger partial charge in [0.1, 0.15) is 0 Å². The van der Waals surface area contributed by atoms with Crippen molar-refractivity contribution < 1.29 is 4.79 Å². The molecule has 2 heterocycles. The maximum absolute atomic E-state index is 12.6. The lowest BCUT2D eigenvalue weighted by atomic mass is 9.93. The predicted molar refractivity (Wildman–Crippen MR) is 89.0 cm³/mol. The first kappa shape index (κ1) is 16.1. The van der Waals surface area contributed by atoms with Crippen molar-refractivity contribution in [3.63, 3.8) is 0 Å². The maximum Gasteiger partial charge on any atom is 0.317 e. The van der Waals surface area contributed by atoms with E-state index in [9.17, 15) is 4.79 Å². The predicted octanol–water partition coefficient (Wildman–Crippen LogP) is 1.74. The number of urea groups is 1. The van der Waals surface area contributed by atoms with Crippen molar-refractivity contribution in [2.24, 2.45) is 0 Å². The van der Waals surface area contributed by atoms with Crippen molar-refractivity contribution in [2.45, 2.75) is 63.6 Å². The zero-order valence-electron chi connectivity index (χ0n) is 14.5. The minimum Gasteiger partial charge on any atom is -0.335 e. The summed E-state index contributed by atoms with van der Waals surface area (Å²) < 4.78 is 0. The van der Waals surface area contributed by atoms with Gasteiger partial charge in [-0.3, -0.25) is 4.90 Å². The highest BCUT2D eigenvalue weighted by molar-refractivity contribution is 5.74. The third-order valence-corrected chi connectivity index (χ3v) is 5.66. The summed E-state index contributed by atoms with van der Waals surface area (Å²) in [6.07, 6.45) is 6.17. The van der Waals surface area contributed by atoms with E-state index in [1.807, 2.05) is 4.90 Å². The molecule has 3 rings (SSSR count). The van der Waals surface area contributed by atoms with Gasteiger partial charge in [-0.15, -0.1) is 0 Å². The lowest BCUT2D eigenvalue weighted by Gasteiger charge is -2.55. The summed E-state index contributed by atoms with van der Waals surface area (Å²) in [5.41, 5.74) is 0.212. The second-order valence-corrected chi connectivity index (χ2v) is 8.09. The number of hydrogen-bond donors (Lipinski definition) is 1. The zero-order chi connectivity index (χ0) is 15.7. The Bertz CT molecular complexity index is 405. The standard InChI is InChI=1S/C17H32N4O/c1-17(2)13-19(3)11-15-12-20(9-10-21(15)17)16(22)18-14-7-5-4-6-8-14/h14-15H,4-13H2,1-3H3,(H,18,22). The topological polar surface area (TPSA) is 38.8 Å². The molecule has 2 saturated heterocycles. The molecule has 0 bridgehead atoms. The molecular weight excluding hydrogens is 276 g/mol. The van der Waals surface area contributed by atoms with Crippen LogP contribution in [0.2, 0.25) is 0 Å². The monoisotopic (exact) mass is 308 g/mol. The number of nitrogens with zero attached hydrogens (tertiary/aromatic N) is 3. The summed E-state index contributed by atoms with van der Waals surface area (Å²) in [7, 11) is 2.19. The number of rotatable bonds is 1. The van der Waals surface area contributed by atoms with Gasteiger partial charge in [0.25, 0.3) is 0 Å². The van der Waals surface area contributed by atoms with Crippen LogP contribution in [0.5, 0.6) is 0 Å². The number of fused-ring (bicyclic) bond motifs is 1. The van der Waals surface area contributed by atoms with E-state index in [4.69, 9.17) is 0 Å². The molecule has 1 saturated carbocycles. The van der Waals surface area contributed by atoms with Crippen LogP contribution < -0.4 is 5.32 Å². The van der Waals surface area contributed by atoms with Gasteiger partial charge in [0.05, 0.1) is 0 Å². The van der Waals surface area contributed by atoms with Crippen LogP contribution in [0.15, 0.2) is 0 Å². The van der Waals surface area contributed by atoms with Gasteiger partial charge >= 0.3 is 6.03 Å². The fraction of sp³-hybridized carbons (Fsp3) is 0.941. The molecule has 3 fully saturated rings. The molecule has 2 amide bonds. The molecule has 5 nitrogen and oxygen atoms in total. The van der Waals surface area contributed by atoms with Gasteiger partial charge in [-0.2, -0.15) is 0 Å². The molecule has 1 aliphatic carbocycles. The van der Waals surface area contributed by atoms with E-state index in [1.165, 1.54) is 19.3 Å². The van der Waals surface area contributed by atoms with E-state index in [0.717, 1.165) is 45.6 Å². The third-order valence-electron chi connectivity index (χ3n) is 5.66. The first-order valence-electron chi connectivity index (χ1n) is 8.96. The molecule has 0 radical (unpaired) electrons. The number of hydrogen-bond acceptors (Lipinski definition) is 3. The fourth-order valence-corrected chi connectivity index (χ4v) is 4.68. The van der Waals surface area contributed by atoms with Gasteiger partial charge < -0.3 is 15.1 Å². The molecule has 3 aliphatic rings. The molecule has 5 heteroatoms. The van der Waals surface area contributed by atoms with Crippen molar-refractivity contribution in [2.75, 3.05) is 39.8 Å². The maximum atomic E-state index is 12.6. The number of carbonyl (C=O) groups is 1. The van der Waals surface area contributed by atoms with Gasteiger partial charge in [-0.05, 0) is 33.7 Å². The number of nitrogens with one attached hydrogen (secondary N) is 1. The molecule has 126 valence electrons. The molecule has 0 aromatic carbocycles. The average molecular weight is 308 g/mol. The van der Waals surface area contributed by atoms with E-state index >= 15 is 0 Å². The molecule has 0 aromatic rings. The SMILES string of the molecule is CN1CC2CN(C(=O)NC3CCCCC3)CCN2C(C)(C)C1. The summed E-state index contributed by atoms with van der Waals surface area (Å²) in [5.74, 6) is 0. The summed E-state index contributed by atoms with van der Waals surface area (Å²) in [4.78, 5) is 19.6. The van der Waals surface area contributed by atoms with Crippen molar-refractivity contribution >= 4 is 6.03 Å². The van der Waals surface area contributed by atoms with Crippen LogP contribution in [0.3, 0.4) is 0 Å². The van der Waals surface area contributed by atoms with Crippen LogP contribution >= 0.6 is 0 Å². The molecule has 22 heavy (non-hydrogen) atoms. The second kappa shape index (κ2) is 6.36. The molecule has 0 spiro atoms. The summed E-state index contributed by atoms with van der Waals surface area (Å²) >= 11 is 0. The number of piperazine rings is 2. The first-order chi connectivity index (χ1) is 10.5. The highest BCUT2D eigenvalue weighted by Crippen LogP contribution is 2.27. The number of carbonyl (C=O) groups excluding carboxylic acids is 1. The molecule has 0 aromatic heterocycles. The van der Waals surface area contributed by atoms with Crippen molar-refractivity contribution in [1.82, 2.24) is 20.0 Å². The Kier molecular flexibility index (Phi) is 4.64. The Morgan fingerprint density at radius 2 is 1.82 bits per heavy atom. The Hall–Kier alpha value is -0.810. The Labute approximate surface area is 135 Å². The van der Waals surface area contributed by atoms with Gasteiger partial charge in [-0.1, -0.05) is 19.3 Å². The largest absolute Gasteiger partial charge is 0.335 e. The zero-order valence-corrected chi connectivity index (χ0v) is 14.5. The Morgan fingerprint density at radius 1 is 1.09 bits per heavy atom. The van der Waals surface area contributed by atoms with Crippen molar-refractivity contribution in [3.8, 4) is 0 Å². The fourth-order valence-electron chi connectivity index (χ4n) is 4.68. The van der Waals surface area contributed by atoms with Crippen LogP contribution in [-0.2, 0) is 0 Å². The van der Waals surface area contributed by atoms with E-state index in [0.29, 0.717) is 12.1 Å². The van der Waals surface area contributed by atoms with E-state index in [2.05, 4.69) is 36.0 Å². The number of amides is 2. The highest BCUT2D eigenvalue weighted by Gasteiger charge is 2.42. The van der Waals surface area contributed by atoms with Gasteiger partial charge in [-0.25, -0.2) is 4.79 Å². The van der Waals surface area contributed by atoms with E-state index in [1.54, 1.807) is 0 Å². The van der Waals surface area contributed by atoms with Crippen molar-refractivity contribution in [1.29, 1.82) is 0 Å². The summed E-state index contributed by atoms with van der Waals surface area (Å²) in [6, 6.07) is 1.04. The quantitative estimate of drug-likeness (QED) is 0.802. The normalized spacial score (nSPS) is 30.9. The molecule has 2 aliphatic heterocycles. The highest BCUT2D eigenvalue weighted by atomic mass is 16.2. The summed E-state index contributed by atoms with van der Waals surface area (Å²) in [6.45, 7) is 9.56. The number of likely N-dealkylation sites (N-methyl/N-ethyl adjacent to an activating group) is 1. The minimum absolute atomic E-state index is 0.164. The Morgan fingerprint density at radius 3 is 2.55 bits per heavy atom. The molecular formula is C17H32N4O.